The summed E-state index contributed by atoms with van der Waals surface area (Å²) in [7, 11) is -11.7. The molecule has 22 nitrogen and oxygen atoms in total. The zero-order valence-corrected chi connectivity index (χ0v) is 48.2. The topological polar surface area (TPSA) is 350 Å². The summed E-state index contributed by atoms with van der Waals surface area (Å²) in [6, 6.07) is 19.0. The molecule has 0 bridgehead atoms. The molecule has 3 N–H and O–H groups in total. The quantitative estimate of drug-likeness (QED) is 0.0244. The summed E-state index contributed by atoms with van der Waals surface area (Å²) in [6.07, 6.45) is 11.4. The van der Waals surface area contributed by atoms with Gasteiger partial charge in [0, 0.05) is 69.3 Å². The monoisotopic (exact) mass is 1190 g/mol. The van der Waals surface area contributed by atoms with E-state index in [1.54, 1.807) is 24.8 Å². The second-order valence-electron chi connectivity index (χ2n) is 14.9. The van der Waals surface area contributed by atoms with E-state index < -0.39 is 65.4 Å². The van der Waals surface area contributed by atoms with Gasteiger partial charge in [-0.15, -0.1) is 30.2 Å². The van der Waals surface area contributed by atoms with Crippen LogP contribution in [-0.4, -0.2) is 101 Å². The Labute approximate surface area is 482 Å². The Bertz CT molecular complexity index is 3070. The number of aromatic nitrogens is 6. The molecule has 0 aromatic carbocycles. The van der Waals surface area contributed by atoms with Crippen LogP contribution in [0.2, 0.25) is 0 Å². The number of hydrogen-bond donors (Lipinski definition) is 3. The fraction of sp³-hybridized carbons (Fsp3) is 0.227. The molecular weight excluding hydrogens is 1140 g/mol. The van der Waals surface area contributed by atoms with Crippen molar-refractivity contribution in [3.05, 3.63) is 150 Å². The number of carbonyl (C=O) groups excluding carboxylic acids is 3. The molecule has 0 saturated heterocycles. The second-order valence-corrected chi connectivity index (χ2v) is 19.1. The van der Waals surface area contributed by atoms with E-state index >= 15 is 0 Å². The molecule has 1 aliphatic rings. The molecule has 378 valence electrons. The maximum atomic E-state index is 11.8. The third-order valence-electron chi connectivity index (χ3n) is 9.19. The summed E-state index contributed by atoms with van der Waals surface area (Å²) in [4.78, 5) is 64.8. The van der Waals surface area contributed by atoms with E-state index in [1.807, 2.05) is 43.3 Å². The molecule has 73 heavy (non-hydrogen) atoms. The van der Waals surface area contributed by atoms with Crippen molar-refractivity contribution in [1.29, 1.82) is 0 Å². The van der Waals surface area contributed by atoms with Gasteiger partial charge in [-0.25, -0.2) is 4.98 Å². The van der Waals surface area contributed by atoms with Crippen LogP contribution >= 0.6 is 0 Å². The molecule has 7 rings (SSSR count). The molecule has 1 aliphatic carbocycles. The predicted molar refractivity (Wildman–Crippen MR) is 250 cm³/mol. The van der Waals surface area contributed by atoms with E-state index in [4.69, 9.17) is 26.6 Å². The number of nitrogens with one attached hydrogen (secondary N) is 1. The van der Waals surface area contributed by atoms with Crippen LogP contribution in [0.25, 0.3) is 34.2 Å². The molecule has 6 heterocycles. The first kappa shape index (κ1) is 66.7. The smallest absolute Gasteiger partial charge is 0.772 e. The SMILES string of the molecule is Cc1ccnc(-c2cc(CCCC(=O)ONC3C(=O)CCC3=O)ccn2)c1.O=S(=O)=O.O=S([O-])Cc1cc(-c2cc(CS(=O)(=O)O)ccn2)nc(-c2cc(CS(=O)(=O)O)ccn2)c1.[CH2-]c1ccncc1.[Na+].[Na+].[Ru]. The first-order valence-electron chi connectivity index (χ1n) is 20.3. The molecule has 1 fully saturated rings. The van der Waals surface area contributed by atoms with Crippen molar-refractivity contribution in [2.75, 3.05) is 0 Å². The largest absolute Gasteiger partial charge is 1.00 e. The Kier molecular flexibility index (Phi) is 30.1. The number of pyridine rings is 6. The van der Waals surface area contributed by atoms with Gasteiger partial charge >= 0.3 is 75.7 Å². The van der Waals surface area contributed by atoms with Gasteiger partial charge in [0.1, 0.15) is 11.5 Å². The summed E-state index contributed by atoms with van der Waals surface area (Å²) < 4.78 is 111. The van der Waals surface area contributed by atoms with Crippen LogP contribution in [0.5, 0.6) is 0 Å². The van der Waals surface area contributed by atoms with Crippen LogP contribution in [0.15, 0.2) is 110 Å². The van der Waals surface area contributed by atoms with Crippen LogP contribution in [0, 0.1) is 13.8 Å². The number of nitrogens with zero attached hydrogens (tertiary/aromatic N) is 6. The molecule has 0 spiro atoms. The Hall–Kier alpha value is -4.29. The van der Waals surface area contributed by atoms with Gasteiger partial charge in [0.25, 0.3) is 20.2 Å². The summed E-state index contributed by atoms with van der Waals surface area (Å²) >= 11 is -2.42. The predicted octanol–water partition coefficient (Wildman–Crippen LogP) is -2.25. The number of Topliss-reactive ketones (excluding diaryl/α,β-unsaturated/α-hetero) is 2. The maximum absolute atomic E-state index is 11.8. The minimum Gasteiger partial charge on any atom is -0.772 e. The number of hydrogen-bond acceptors (Lipinski definition) is 20. The van der Waals surface area contributed by atoms with Gasteiger partial charge in [0.05, 0.1) is 34.2 Å². The van der Waals surface area contributed by atoms with Gasteiger partial charge < -0.3 is 9.39 Å². The van der Waals surface area contributed by atoms with Crippen LogP contribution in [-0.2, 0) is 104 Å². The Morgan fingerprint density at radius 2 is 1.10 bits per heavy atom. The van der Waals surface area contributed by atoms with Crippen molar-refractivity contribution in [3.63, 3.8) is 0 Å². The van der Waals surface area contributed by atoms with Crippen LogP contribution < -0.4 is 64.6 Å². The van der Waals surface area contributed by atoms with Gasteiger partial charge in [-0.1, -0.05) is 11.1 Å². The third-order valence-corrected chi connectivity index (χ3v) is 11.2. The van der Waals surface area contributed by atoms with E-state index in [1.165, 1.54) is 48.8 Å². The Balaban J connectivity index is 0.000000587. The van der Waals surface area contributed by atoms with Crippen LogP contribution in [0.4, 0.5) is 0 Å². The fourth-order valence-corrected chi connectivity index (χ4v) is 7.83. The van der Waals surface area contributed by atoms with Crippen LogP contribution in [0.1, 0.15) is 59.1 Å². The zero-order valence-electron chi connectivity index (χ0n) is 39.2. The number of hydroxylamine groups is 1. The van der Waals surface area contributed by atoms with E-state index in [2.05, 4.69) is 42.3 Å². The fourth-order valence-electron chi connectivity index (χ4n) is 6.19. The van der Waals surface area contributed by atoms with Gasteiger partial charge in [0.2, 0.25) is 0 Å². The number of aryl methyl sites for hydroxylation is 2. The zero-order chi connectivity index (χ0) is 51.4. The van der Waals surface area contributed by atoms with E-state index in [0.717, 1.165) is 28.1 Å². The van der Waals surface area contributed by atoms with Crippen molar-refractivity contribution in [1.82, 2.24) is 35.4 Å². The second kappa shape index (κ2) is 32.9. The summed E-state index contributed by atoms with van der Waals surface area (Å²) in [5.41, 5.74) is 8.75. The van der Waals surface area contributed by atoms with Gasteiger partial charge in [0.15, 0.2) is 17.6 Å². The summed E-state index contributed by atoms with van der Waals surface area (Å²) in [5.74, 6) is -2.59. The minimum atomic E-state index is -4.28. The Morgan fingerprint density at radius 1 is 0.685 bits per heavy atom. The van der Waals surface area contributed by atoms with Crippen molar-refractivity contribution in [2.24, 2.45) is 0 Å². The molecule has 0 aliphatic heterocycles. The molecule has 0 radical (unpaired) electrons. The average molecular weight is 1190 g/mol. The number of ketones is 2. The van der Waals surface area contributed by atoms with E-state index in [-0.39, 0.29) is 149 Å². The van der Waals surface area contributed by atoms with Gasteiger partial charge in [-0.05, 0) is 121 Å². The summed E-state index contributed by atoms with van der Waals surface area (Å²) in [5, 5.41) is 0. The number of carbonyl (C=O) groups is 3. The molecular formula is C44H43N7Na2O15RuS4. The molecule has 1 unspecified atom stereocenters. The average Bonchev–Trinajstić information content (AvgIpc) is 3.60. The molecule has 1 saturated carbocycles. The minimum absolute atomic E-state index is 0. The van der Waals surface area contributed by atoms with Crippen molar-refractivity contribution >= 4 is 59.5 Å². The number of rotatable bonds is 15. The Morgan fingerprint density at radius 3 is 1.52 bits per heavy atom. The molecule has 6 aromatic rings. The molecule has 29 heteroatoms. The molecule has 6 aromatic heterocycles. The van der Waals surface area contributed by atoms with E-state index in [0.29, 0.717) is 18.4 Å². The maximum Gasteiger partial charge on any atom is 1.00 e. The van der Waals surface area contributed by atoms with Crippen molar-refractivity contribution in [2.45, 2.75) is 62.3 Å². The van der Waals surface area contributed by atoms with Gasteiger partial charge in [-0.2, -0.15) is 29.3 Å². The van der Waals surface area contributed by atoms with Crippen molar-refractivity contribution in [3.8, 4) is 34.2 Å². The molecule has 1 atom stereocenters. The van der Waals surface area contributed by atoms with E-state index in [9.17, 15) is 40.0 Å². The first-order chi connectivity index (χ1) is 33.0. The first-order valence-corrected chi connectivity index (χ1v) is 25.7. The van der Waals surface area contributed by atoms with Crippen LogP contribution in [0.3, 0.4) is 0 Å². The van der Waals surface area contributed by atoms with Gasteiger partial charge in [-0.3, -0.25) is 52.6 Å². The molecule has 0 amide bonds. The van der Waals surface area contributed by atoms with Crippen molar-refractivity contribution < 1.29 is 145 Å². The summed E-state index contributed by atoms with van der Waals surface area (Å²) in [6.45, 7) is 5.68. The third kappa shape index (κ3) is 26.2. The normalized spacial score (nSPS) is 12.3. The standard InChI is InChI=1S/C20H21N3O4.C18H17N3O8S3.C6H6N.2Na.O3S.Ru/c1-13-7-9-21-15(11-13)16-12-14(8-10-22-16)3-2-4-19(26)27-23-20-17(24)5-6-18(20)25;22-30(23)9-14-7-17(15-5-12(1-3-19-15)10-31(24,25)26)21-18(8-14)16-6-13(2-4-20-16)11-32(27,28)29;1-6-2-4-7-5-3-6;;;1-4(2)3;/h7-12,20,23H,2-6H2,1H3;1-8H,9-11H2,(H,22,23)(H,24,25,26)(H,27,28,29);2-5H,1H2;;;;/q;;-1;2*+1;;/p-1.